The molecule has 0 unspecified atom stereocenters. The number of aryl methyl sites for hydroxylation is 1. The third kappa shape index (κ3) is 7.08. The summed E-state index contributed by atoms with van der Waals surface area (Å²) in [6, 6.07) is 10.5. The fourth-order valence-corrected chi connectivity index (χ4v) is 5.19. The summed E-state index contributed by atoms with van der Waals surface area (Å²) in [5, 5.41) is 4.78. The first kappa shape index (κ1) is 31.4. The second-order valence-electron chi connectivity index (χ2n) is 10.9. The number of alkyl halides is 6. The third-order valence-electron chi connectivity index (χ3n) is 7.33. The van der Waals surface area contributed by atoms with E-state index in [1.165, 1.54) is 4.90 Å². The molecule has 1 fully saturated rings. The Hall–Kier alpha value is -3.54. The second kappa shape index (κ2) is 12.4. The van der Waals surface area contributed by atoms with Crippen LogP contribution < -0.4 is 4.90 Å². The van der Waals surface area contributed by atoms with Crippen LogP contribution in [-0.2, 0) is 18.9 Å². The van der Waals surface area contributed by atoms with Crippen molar-refractivity contribution in [3.8, 4) is 5.69 Å². The molecule has 4 rings (SSSR count). The van der Waals surface area contributed by atoms with Crippen molar-refractivity contribution in [1.82, 2.24) is 19.6 Å². The zero-order chi connectivity index (χ0) is 30.8. The number of halogens is 6. The fourth-order valence-electron chi connectivity index (χ4n) is 5.19. The monoisotopic (exact) mass is 595 g/mol. The van der Waals surface area contributed by atoms with E-state index in [9.17, 15) is 31.1 Å². The molecule has 42 heavy (non-hydrogen) atoms. The maximum absolute atomic E-state index is 13.7. The summed E-state index contributed by atoms with van der Waals surface area (Å²) >= 11 is 0. The van der Waals surface area contributed by atoms with E-state index in [0.717, 1.165) is 31.1 Å². The molecule has 1 aromatic heterocycles. The number of carbonyl (C=O) groups excluding carboxylic acids is 1. The van der Waals surface area contributed by atoms with Crippen molar-refractivity contribution in [2.45, 2.75) is 46.6 Å². The SMILES string of the molecule is CCN1CCN(c2c(CN(CC(C)C)C(=O)c3cc(C(F)(F)F)cc(C(F)(F)F)c3)c(C)nn2-c2ccccc2)CC1. The second-order valence-corrected chi connectivity index (χ2v) is 10.9. The van der Waals surface area contributed by atoms with Gasteiger partial charge in [-0.3, -0.25) is 4.79 Å². The van der Waals surface area contributed by atoms with E-state index in [1.807, 2.05) is 44.2 Å². The minimum Gasteiger partial charge on any atom is -0.354 e. The standard InChI is InChI=1S/C30H35F6N5O/c1-5-38-11-13-39(14-12-38)27-26(21(4)37-41(27)25-9-7-6-8-10-25)19-40(18-20(2)3)28(42)22-15-23(29(31,32)33)17-24(16-22)30(34,35)36/h6-10,15-17,20H,5,11-14,18-19H2,1-4H3. The molecular formula is C30H35F6N5O. The summed E-state index contributed by atoms with van der Waals surface area (Å²) in [5.74, 6) is -0.257. The van der Waals surface area contributed by atoms with E-state index in [1.54, 1.807) is 11.6 Å². The topological polar surface area (TPSA) is 44.6 Å². The molecule has 1 aliphatic heterocycles. The van der Waals surface area contributed by atoms with Crippen molar-refractivity contribution in [3.63, 3.8) is 0 Å². The van der Waals surface area contributed by atoms with Gasteiger partial charge in [0.2, 0.25) is 0 Å². The van der Waals surface area contributed by atoms with Crippen molar-refractivity contribution in [2.75, 3.05) is 44.2 Å². The first-order chi connectivity index (χ1) is 19.7. The molecule has 228 valence electrons. The molecular weight excluding hydrogens is 560 g/mol. The minimum absolute atomic E-state index is 0.0311. The maximum Gasteiger partial charge on any atom is 0.416 e. The van der Waals surface area contributed by atoms with E-state index in [4.69, 9.17) is 5.10 Å². The highest BCUT2D eigenvalue weighted by Gasteiger charge is 2.38. The van der Waals surface area contributed by atoms with Gasteiger partial charge in [-0.1, -0.05) is 39.0 Å². The Balaban J connectivity index is 1.79. The molecule has 0 saturated carbocycles. The van der Waals surface area contributed by atoms with Crippen molar-refractivity contribution in [3.05, 3.63) is 76.5 Å². The molecule has 12 heteroatoms. The zero-order valence-corrected chi connectivity index (χ0v) is 24.1. The van der Waals surface area contributed by atoms with Crippen LogP contribution in [0.4, 0.5) is 32.2 Å². The third-order valence-corrected chi connectivity index (χ3v) is 7.33. The van der Waals surface area contributed by atoms with Crippen LogP contribution in [0.1, 0.15) is 53.5 Å². The highest BCUT2D eigenvalue weighted by Crippen LogP contribution is 2.37. The average molecular weight is 596 g/mol. The number of amides is 1. The predicted octanol–water partition coefficient (Wildman–Crippen LogP) is 6.66. The van der Waals surface area contributed by atoms with E-state index < -0.39 is 35.0 Å². The lowest BCUT2D eigenvalue weighted by atomic mass is 10.0. The lowest BCUT2D eigenvalue weighted by molar-refractivity contribution is -0.143. The van der Waals surface area contributed by atoms with Gasteiger partial charge in [0, 0.05) is 43.9 Å². The molecule has 2 aromatic carbocycles. The van der Waals surface area contributed by atoms with Crippen LogP contribution >= 0.6 is 0 Å². The molecule has 1 amide bonds. The average Bonchev–Trinajstić information content (AvgIpc) is 3.26. The number of hydrogen-bond donors (Lipinski definition) is 0. The lowest BCUT2D eigenvalue weighted by Gasteiger charge is -2.36. The maximum atomic E-state index is 13.7. The van der Waals surface area contributed by atoms with Gasteiger partial charge in [0.1, 0.15) is 5.82 Å². The molecule has 0 spiro atoms. The Labute approximate surface area is 241 Å². The van der Waals surface area contributed by atoms with Gasteiger partial charge >= 0.3 is 12.4 Å². The number of hydrogen-bond acceptors (Lipinski definition) is 4. The molecule has 0 aliphatic carbocycles. The Kier molecular flexibility index (Phi) is 9.24. The summed E-state index contributed by atoms with van der Waals surface area (Å²) in [6.45, 7) is 11.6. The highest BCUT2D eigenvalue weighted by molar-refractivity contribution is 5.95. The first-order valence-electron chi connectivity index (χ1n) is 13.9. The van der Waals surface area contributed by atoms with E-state index >= 15 is 0 Å². The summed E-state index contributed by atoms with van der Waals surface area (Å²) in [7, 11) is 0. The number of piperazine rings is 1. The number of likely N-dealkylation sites (N-methyl/N-ethyl adjacent to an activating group) is 1. The Morgan fingerprint density at radius 1 is 0.929 bits per heavy atom. The number of anilines is 1. The summed E-state index contributed by atoms with van der Waals surface area (Å²) in [5.41, 5.74) is -1.59. The molecule has 0 atom stereocenters. The smallest absolute Gasteiger partial charge is 0.354 e. The molecule has 0 radical (unpaired) electrons. The summed E-state index contributed by atoms with van der Waals surface area (Å²) in [4.78, 5) is 19.6. The summed E-state index contributed by atoms with van der Waals surface area (Å²) < 4.78 is 83.2. The van der Waals surface area contributed by atoms with Crippen molar-refractivity contribution < 1.29 is 31.1 Å². The quantitative estimate of drug-likeness (QED) is 0.274. The highest BCUT2D eigenvalue weighted by atomic mass is 19.4. The van der Waals surface area contributed by atoms with Gasteiger partial charge in [-0.2, -0.15) is 31.4 Å². The Morgan fingerprint density at radius 2 is 1.50 bits per heavy atom. The van der Waals surface area contributed by atoms with Crippen LogP contribution in [0.15, 0.2) is 48.5 Å². The van der Waals surface area contributed by atoms with E-state index in [-0.39, 0.29) is 25.1 Å². The van der Waals surface area contributed by atoms with Crippen LogP contribution in [0.3, 0.4) is 0 Å². The van der Waals surface area contributed by atoms with Gasteiger partial charge in [-0.15, -0.1) is 0 Å². The van der Waals surface area contributed by atoms with Crippen molar-refractivity contribution in [1.29, 1.82) is 0 Å². The number of para-hydroxylation sites is 1. The minimum atomic E-state index is -5.06. The van der Waals surface area contributed by atoms with Crippen molar-refractivity contribution >= 4 is 11.7 Å². The van der Waals surface area contributed by atoms with Crippen molar-refractivity contribution in [2.24, 2.45) is 5.92 Å². The van der Waals surface area contributed by atoms with Gasteiger partial charge < -0.3 is 14.7 Å². The number of nitrogens with zero attached hydrogens (tertiary/aromatic N) is 5. The zero-order valence-electron chi connectivity index (χ0n) is 24.1. The number of carbonyl (C=O) groups is 1. The lowest BCUT2D eigenvalue weighted by Crippen LogP contribution is -2.47. The molecule has 3 aromatic rings. The van der Waals surface area contributed by atoms with Gasteiger partial charge in [0.15, 0.2) is 0 Å². The van der Waals surface area contributed by atoms with Crippen LogP contribution in [0.25, 0.3) is 5.69 Å². The van der Waals surface area contributed by atoms with Gasteiger partial charge in [-0.25, -0.2) is 4.68 Å². The predicted molar refractivity (Wildman–Crippen MR) is 149 cm³/mol. The van der Waals surface area contributed by atoms with E-state index in [0.29, 0.717) is 36.5 Å². The van der Waals surface area contributed by atoms with Crippen LogP contribution in [0, 0.1) is 12.8 Å². The molecule has 2 heterocycles. The number of aromatic nitrogens is 2. The van der Waals surface area contributed by atoms with Gasteiger partial charge in [0.25, 0.3) is 5.91 Å². The van der Waals surface area contributed by atoms with Gasteiger partial charge in [0.05, 0.1) is 29.1 Å². The molecule has 1 aliphatic rings. The van der Waals surface area contributed by atoms with E-state index in [2.05, 4.69) is 16.7 Å². The fraction of sp³-hybridized carbons (Fsp3) is 0.467. The molecule has 0 bridgehead atoms. The Bertz CT molecular complexity index is 1340. The molecule has 0 N–H and O–H groups in total. The number of rotatable bonds is 8. The Morgan fingerprint density at radius 3 is 2.00 bits per heavy atom. The van der Waals surface area contributed by atoms with Gasteiger partial charge in [-0.05, 0) is 49.7 Å². The molecule has 1 saturated heterocycles. The first-order valence-corrected chi connectivity index (χ1v) is 13.9. The largest absolute Gasteiger partial charge is 0.416 e. The summed E-state index contributed by atoms with van der Waals surface area (Å²) in [6.07, 6.45) is -10.1. The molecule has 6 nitrogen and oxygen atoms in total. The number of benzene rings is 2. The van der Waals surface area contributed by atoms with Crippen LogP contribution in [-0.4, -0.2) is 64.8 Å². The van der Waals surface area contributed by atoms with Crippen LogP contribution in [0.2, 0.25) is 0 Å². The normalized spacial score (nSPS) is 15.0. The van der Waals surface area contributed by atoms with Crippen LogP contribution in [0.5, 0.6) is 0 Å².